The number of rotatable bonds is 3. The highest BCUT2D eigenvalue weighted by atomic mass is 19.1. The van der Waals surface area contributed by atoms with Gasteiger partial charge in [-0.1, -0.05) is 6.08 Å². The van der Waals surface area contributed by atoms with Crippen LogP contribution in [0.5, 0.6) is 0 Å². The number of carbonyl (C=O) groups excluding carboxylic acids is 1. The number of nitrogens with zero attached hydrogens (tertiary/aromatic N) is 1. The van der Waals surface area contributed by atoms with Crippen molar-refractivity contribution in [3.05, 3.63) is 35.9 Å². The van der Waals surface area contributed by atoms with Gasteiger partial charge in [0.1, 0.15) is 5.82 Å². The predicted octanol–water partition coefficient (Wildman–Crippen LogP) is 1.37. The molecule has 0 spiro atoms. The van der Waals surface area contributed by atoms with Crippen LogP contribution in [0, 0.1) is 5.82 Å². The van der Waals surface area contributed by atoms with E-state index in [1.54, 1.807) is 6.08 Å². The Bertz CT molecular complexity index is 350. The summed E-state index contributed by atoms with van der Waals surface area (Å²) < 4.78 is 13.0. The molecule has 0 unspecified atom stereocenters. The highest BCUT2D eigenvalue weighted by molar-refractivity contribution is 5.73. The summed E-state index contributed by atoms with van der Waals surface area (Å²) in [6, 6.07) is 2.87. The van der Waals surface area contributed by atoms with Gasteiger partial charge in [-0.2, -0.15) is 0 Å². The lowest BCUT2D eigenvalue weighted by Crippen LogP contribution is -2.19. The van der Waals surface area contributed by atoms with E-state index in [0.29, 0.717) is 6.54 Å². The number of aromatic nitrogens is 1. The Balaban J connectivity index is 2.52. The Morgan fingerprint density at radius 1 is 1.71 bits per heavy atom. The first-order valence-corrected chi connectivity index (χ1v) is 4.21. The van der Waals surface area contributed by atoms with E-state index in [1.807, 2.05) is 0 Å². The quantitative estimate of drug-likeness (QED) is 0.789. The Hall–Kier alpha value is -1.71. The van der Waals surface area contributed by atoms with Crippen molar-refractivity contribution in [3.63, 3.8) is 0 Å². The number of carbonyl (C=O) groups is 1. The number of amides is 1. The molecule has 0 saturated heterocycles. The molecule has 14 heavy (non-hydrogen) atoms. The molecule has 0 aliphatic carbocycles. The third kappa shape index (κ3) is 3.35. The van der Waals surface area contributed by atoms with Gasteiger partial charge in [-0.15, -0.1) is 0 Å². The van der Waals surface area contributed by atoms with Crippen LogP contribution < -0.4 is 5.32 Å². The number of nitrogens with one attached hydrogen (secondary N) is 1. The van der Waals surface area contributed by atoms with Crippen molar-refractivity contribution in [1.29, 1.82) is 0 Å². The third-order valence-electron chi connectivity index (χ3n) is 1.53. The molecule has 1 N–H and O–H groups in total. The Labute approximate surface area is 81.7 Å². The standard InChI is InChI=1S/C10H11FN2O/c1-8(14)12-6-3-5-10-9(11)4-2-7-13-10/h2-5,7H,6H2,1H3,(H,12,14). The van der Waals surface area contributed by atoms with Gasteiger partial charge in [0.15, 0.2) is 0 Å². The molecule has 0 aromatic carbocycles. The molecule has 4 heteroatoms. The second-order valence-corrected chi connectivity index (χ2v) is 2.71. The maximum atomic E-state index is 13.0. The average molecular weight is 194 g/mol. The molecule has 0 aliphatic heterocycles. The second-order valence-electron chi connectivity index (χ2n) is 2.71. The number of pyridine rings is 1. The van der Waals surface area contributed by atoms with Gasteiger partial charge < -0.3 is 5.32 Å². The zero-order valence-corrected chi connectivity index (χ0v) is 7.83. The minimum atomic E-state index is -0.369. The first-order valence-electron chi connectivity index (χ1n) is 4.21. The second kappa shape index (κ2) is 5.11. The summed E-state index contributed by atoms with van der Waals surface area (Å²) in [6.45, 7) is 1.81. The summed E-state index contributed by atoms with van der Waals surface area (Å²) in [5.74, 6) is -0.484. The van der Waals surface area contributed by atoms with Crippen LogP contribution >= 0.6 is 0 Å². The molecule has 0 radical (unpaired) electrons. The van der Waals surface area contributed by atoms with Crippen LogP contribution in [0.1, 0.15) is 12.6 Å². The van der Waals surface area contributed by atoms with E-state index in [1.165, 1.54) is 31.3 Å². The largest absolute Gasteiger partial charge is 0.353 e. The van der Waals surface area contributed by atoms with Crippen molar-refractivity contribution in [2.75, 3.05) is 6.54 Å². The van der Waals surface area contributed by atoms with Crippen molar-refractivity contribution in [2.45, 2.75) is 6.92 Å². The van der Waals surface area contributed by atoms with Gasteiger partial charge in [0.05, 0.1) is 5.69 Å². The van der Waals surface area contributed by atoms with Gasteiger partial charge in [-0.25, -0.2) is 4.39 Å². The number of halogens is 1. The van der Waals surface area contributed by atoms with E-state index in [0.717, 1.165) is 0 Å². The molecule has 0 fully saturated rings. The van der Waals surface area contributed by atoms with Crippen LogP contribution in [0.2, 0.25) is 0 Å². The van der Waals surface area contributed by atoms with Crippen molar-refractivity contribution in [3.8, 4) is 0 Å². The van der Waals surface area contributed by atoms with Crippen LogP contribution in [0.4, 0.5) is 4.39 Å². The van der Waals surface area contributed by atoms with E-state index >= 15 is 0 Å². The molecule has 1 aromatic rings. The summed E-state index contributed by atoms with van der Waals surface area (Å²) >= 11 is 0. The molecule has 3 nitrogen and oxygen atoms in total. The van der Waals surface area contributed by atoms with Crippen molar-refractivity contribution < 1.29 is 9.18 Å². The summed E-state index contributed by atoms with van der Waals surface area (Å²) in [5, 5.41) is 2.56. The van der Waals surface area contributed by atoms with Crippen molar-refractivity contribution >= 4 is 12.0 Å². The Morgan fingerprint density at radius 2 is 2.50 bits per heavy atom. The smallest absolute Gasteiger partial charge is 0.217 e. The fraction of sp³-hybridized carbons (Fsp3) is 0.200. The van der Waals surface area contributed by atoms with E-state index in [2.05, 4.69) is 10.3 Å². The lowest BCUT2D eigenvalue weighted by Gasteiger charge is -1.95. The third-order valence-corrected chi connectivity index (χ3v) is 1.53. The predicted molar refractivity (Wildman–Crippen MR) is 51.9 cm³/mol. The fourth-order valence-corrected chi connectivity index (χ4v) is 0.894. The molecular formula is C10H11FN2O. The lowest BCUT2D eigenvalue weighted by molar-refractivity contribution is -0.118. The SMILES string of the molecule is CC(=O)NCC=Cc1ncccc1F. The zero-order valence-electron chi connectivity index (χ0n) is 7.83. The topological polar surface area (TPSA) is 42.0 Å². The molecule has 1 amide bonds. The van der Waals surface area contributed by atoms with E-state index in [9.17, 15) is 9.18 Å². The average Bonchev–Trinajstić information content (AvgIpc) is 2.15. The minimum Gasteiger partial charge on any atom is -0.353 e. The van der Waals surface area contributed by atoms with Gasteiger partial charge in [-0.3, -0.25) is 9.78 Å². The van der Waals surface area contributed by atoms with Gasteiger partial charge in [0.2, 0.25) is 5.91 Å². The van der Waals surface area contributed by atoms with E-state index in [-0.39, 0.29) is 17.4 Å². The van der Waals surface area contributed by atoms with Crippen molar-refractivity contribution in [2.24, 2.45) is 0 Å². The van der Waals surface area contributed by atoms with Crippen LogP contribution in [-0.4, -0.2) is 17.4 Å². The summed E-state index contributed by atoms with van der Waals surface area (Å²) in [6.07, 6.45) is 4.69. The molecular weight excluding hydrogens is 183 g/mol. The first-order chi connectivity index (χ1) is 6.70. The zero-order chi connectivity index (χ0) is 10.4. The van der Waals surface area contributed by atoms with Crippen LogP contribution in [0.3, 0.4) is 0 Å². The Morgan fingerprint density at radius 3 is 3.14 bits per heavy atom. The molecule has 74 valence electrons. The molecule has 0 aliphatic rings. The normalized spacial score (nSPS) is 10.4. The monoisotopic (exact) mass is 194 g/mol. The molecule has 0 atom stereocenters. The fourth-order valence-electron chi connectivity index (χ4n) is 0.894. The number of hydrogen-bond acceptors (Lipinski definition) is 2. The van der Waals surface area contributed by atoms with Crippen LogP contribution in [0.25, 0.3) is 6.08 Å². The molecule has 1 rings (SSSR count). The molecule has 0 saturated carbocycles. The first kappa shape index (κ1) is 10.4. The summed E-state index contributed by atoms with van der Waals surface area (Å²) in [4.78, 5) is 14.3. The maximum absolute atomic E-state index is 13.0. The highest BCUT2D eigenvalue weighted by Gasteiger charge is 1.95. The van der Waals surface area contributed by atoms with Crippen LogP contribution in [0.15, 0.2) is 24.4 Å². The molecule has 1 heterocycles. The van der Waals surface area contributed by atoms with Gasteiger partial charge in [-0.05, 0) is 18.2 Å². The van der Waals surface area contributed by atoms with Gasteiger partial charge in [0, 0.05) is 19.7 Å². The van der Waals surface area contributed by atoms with E-state index in [4.69, 9.17) is 0 Å². The lowest BCUT2D eigenvalue weighted by atomic mass is 10.3. The Kier molecular flexibility index (Phi) is 3.79. The van der Waals surface area contributed by atoms with E-state index < -0.39 is 0 Å². The molecule has 1 aromatic heterocycles. The van der Waals surface area contributed by atoms with Gasteiger partial charge >= 0.3 is 0 Å². The van der Waals surface area contributed by atoms with Gasteiger partial charge in [0.25, 0.3) is 0 Å². The number of hydrogen-bond donors (Lipinski definition) is 1. The summed E-state index contributed by atoms with van der Waals surface area (Å²) in [5.41, 5.74) is 0.276. The molecule has 0 bridgehead atoms. The van der Waals surface area contributed by atoms with Crippen molar-refractivity contribution in [1.82, 2.24) is 10.3 Å². The maximum Gasteiger partial charge on any atom is 0.217 e. The minimum absolute atomic E-state index is 0.115. The van der Waals surface area contributed by atoms with Crippen LogP contribution in [-0.2, 0) is 4.79 Å². The highest BCUT2D eigenvalue weighted by Crippen LogP contribution is 2.03. The summed E-state index contributed by atoms with van der Waals surface area (Å²) in [7, 11) is 0.